The second kappa shape index (κ2) is 4.99. The molecule has 2 saturated carbocycles. The van der Waals surface area contributed by atoms with Crippen LogP contribution in [0.1, 0.15) is 46.5 Å². The zero-order valence-corrected chi connectivity index (χ0v) is 13.0. The summed E-state index contributed by atoms with van der Waals surface area (Å²) in [6.07, 6.45) is 4.70. The number of piperidine rings is 1. The van der Waals surface area contributed by atoms with Crippen LogP contribution in [0.15, 0.2) is 0 Å². The zero-order valence-electron chi connectivity index (χ0n) is 13.0. The average molecular weight is 280 g/mol. The van der Waals surface area contributed by atoms with Crippen molar-refractivity contribution in [3.63, 3.8) is 0 Å². The zero-order chi connectivity index (χ0) is 14.4. The molecule has 3 unspecified atom stereocenters. The molecule has 1 aliphatic heterocycles. The Morgan fingerprint density at radius 2 is 2.05 bits per heavy atom. The van der Waals surface area contributed by atoms with Gasteiger partial charge in [-0.15, -0.1) is 0 Å². The first-order valence-electron chi connectivity index (χ1n) is 8.12. The highest BCUT2D eigenvalue weighted by Crippen LogP contribution is 2.58. The van der Waals surface area contributed by atoms with E-state index < -0.39 is 0 Å². The fraction of sp³-hybridized carbons (Fsp3) is 0.938. The van der Waals surface area contributed by atoms with Crippen molar-refractivity contribution in [2.75, 3.05) is 19.7 Å². The van der Waals surface area contributed by atoms with Gasteiger partial charge in [0.25, 0.3) is 0 Å². The molecule has 1 heterocycles. The Hall–Kier alpha value is -0.610. The molecule has 20 heavy (non-hydrogen) atoms. The van der Waals surface area contributed by atoms with Crippen molar-refractivity contribution in [2.24, 2.45) is 16.7 Å². The molecule has 0 bridgehead atoms. The van der Waals surface area contributed by atoms with Crippen LogP contribution in [0.4, 0.5) is 0 Å². The smallest absolute Gasteiger partial charge is 0.223 e. The molecule has 0 radical (unpaired) electrons. The Morgan fingerprint density at radius 1 is 1.35 bits per heavy atom. The van der Waals surface area contributed by atoms with Crippen LogP contribution in [0.25, 0.3) is 0 Å². The number of carbonyl (C=O) groups is 1. The molecule has 4 nitrogen and oxygen atoms in total. The average Bonchev–Trinajstić information content (AvgIpc) is 3.12. The van der Waals surface area contributed by atoms with Gasteiger partial charge in [0, 0.05) is 24.0 Å². The van der Waals surface area contributed by atoms with Crippen LogP contribution in [0.5, 0.6) is 0 Å². The monoisotopic (exact) mass is 280 g/mol. The second-order valence-electron chi connectivity index (χ2n) is 7.43. The molecule has 114 valence electrons. The summed E-state index contributed by atoms with van der Waals surface area (Å²) in [7, 11) is 0. The van der Waals surface area contributed by atoms with Gasteiger partial charge < -0.3 is 15.4 Å². The normalized spacial score (nSPS) is 37.2. The SMILES string of the molecule is CCOC1CC(NC(=O)C2CC23CCNCC3)C1(C)C. The Bertz CT molecular complexity index is 388. The van der Waals surface area contributed by atoms with Gasteiger partial charge in [0.2, 0.25) is 5.91 Å². The summed E-state index contributed by atoms with van der Waals surface area (Å²) in [6.45, 7) is 9.35. The van der Waals surface area contributed by atoms with E-state index in [2.05, 4.69) is 24.5 Å². The van der Waals surface area contributed by atoms with E-state index in [0.717, 1.165) is 32.5 Å². The molecule has 2 N–H and O–H groups in total. The van der Waals surface area contributed by atoms with Crippen molar-refractivity contribution in [3.05, 3.63) is 0 Å². The van der Waals surface area contributed by atoms with Gasteiger partial charge in [-0.2, -0.15) is 0 Å². The minimum atomic E-state index is 0.0713. The topological polar surface area (TPSA) is 50.4 Å². The summed E-state index contributed by atoms with van der Waals surface area (Å²) in [5, 5.41) is 6.68. The van der Waals surface area contributed by atoms with E-state index in [-0.39, 0.29) is 17.4 Å². The molecule has 3 atom stereocenters. The molecule has 3 fully saturated rings. The first kappa shape index (κ1) is 14.3. The van der Waals surface area contributed by atoms with Crippen molar-refractivity contribution in [1.29, 1.82) is 0 Å². The third-order valence-electron chi connectivity index (χ3n) is 5.97. The first-order valence-corrected chi connectivity index (χ1v) is 8.12. The molecule has 3 rings (SSSR count). The highest BCUT2D eigenvalue weighted by molar-refractivity contribution is 5.83. The van der Waals surface area contributed by atoms with Crippen LogP contribution in [-0.4, -0.2) is 37.7 Å². The maximum atomic E-state index is 12.5. The van der Waals surface area contributed by atoms with Crippen molar-refractivity contribution in [3.8, 4) is 0 Å². The number of rotatable bonds is 4. The van der Waals surface area contributed by atoms with E-state index in [1.807, 2.05) is 6.92 Å². The highest BCUT2D eigenvalue weighted by Gasteiger charge is 2.59. The summed E-state index contributed by atoms with van der Waals surface area (Å²) >= 11 is 0. The molecular formula is C16H28N2O2. The van der Waals surface area contributed by atoms with Gasteiger partial charge in [0.1, 0.15) is 0 Å². The number of hydrogen-bond acceptors (Lipinski definition) is 3. The minimum Gasteiger partial charge on any atom is -0.378 e. The lowest BCUT2D eigenvalue weighted by molar-refractivity contribution is -0.138. The number of nitrogens with one attached hydrogen (secondary N) is 2. The standard InChI is InChI=1S/C16H28N2O2/c1-4-20-13-9-12(15(13,2)3)18-14(19)11-10-16(11)5-7-17-8-6-16/h11-13,17H,4-10H2,1-3H3,(H,18,19). The van der Waals surface area contributed by atoms with Crippen molar-refractivity contribution in [1.82, 2.24) is 10.6 Å². The van der Waals surface area contributed by atoms with Gasteiger partial charge >= 0.3 is 0 Å². The highest BCUT2D eigenvalue weighted by atomic mass is 16.5. The van der Waals surface area contributed by atoms with Gasteiger partial charge in [0.15, 0.2) is 0 Å². The minimum absolute atomic E-state index is 0.0713. The molecule has 0 aromatic heterocycles. The second-order valence-corrected chi connectivity index (χ2v) is 7.43. The Balaban J connectivity index is 1.51. The fourth-order valence-corrected chi connectivity index (χ4v) is 4.08. The summed E-state index contributed by atoms with van der Waals surface area (Å²) in [4.78, 5) is 12.5. The number of amides is 1. The molecule has 1 saturated heterocycles. The van der Waals surface area contributed by atoms with E-state index in [0.29, 0.717) is 17.4 Å². The Labute approximate surface area is 122 Å². The number of ether oxygens (including phenoxy) is 1. The van der Waals surface area contributed by atoms with Crippen LogP contribution in [0.3, 0.4) is 0 Å². The molecule has 1 spiro atoms. The predicted molar refractivity (Wildman–Crippen MR) is 78.4 cm³/mol. The molecule has 3 aliphatic rings. The van der Waals surface area contributed by atoms with Gasteiger partial charge in [-0.3, -0.25) is 4.79 Å². The first-order chi connectivity index (χ1) is 9.49. The third-order valence-corrected chi connectivity index (χ3v) is 5.97. The van der Waals surface area contributed by atoms with Crippen molar-refractivity contribution < 1.29 is 9.53 Å². The Kier molecular flexibility index (Phi) is 3.57. The van der Waals surface area contributed by atoms with E-state index in [1.165, 1.54) is 12.8 Å². The molecule has 1 amide bonds. The van der Waals surface area contributed by atoms with Gasteiger partial charge in [-0.25, -0.2) is 0 Å². The Morgan fingerprint density at radius 3 is 2.65 bits per heavy atom. The number of carbonyl (C=O) groups excluding carboxylic acids is 1. The fourth-order valence-electron chi connectivity index (χ4n) is 4.08. The summed E-state index contributed by atoms with van der Waals surface area (Å²) < 4.78 is 5.73. The van der Waals surface area contributed by atoms with E-state index in [1.54, 1.807) is 0 Å². The van der Waals surface area contributed by atoms with Crippen LogP contribution < -0.4 is 10.6 Å². The maximum Gasteiger partial charge on any atom is 0.223 e. The summed E-state index contributed by atoms with van der Waals surface area (Å²) in [6, 6.07) is 0.283. The summed E-state index contributed by atoms with van der Waals surface area (Å²) in [5.41, 5.74) is 0.407. The van der Waals surface area contributed by atoms with E-state index in [4.69, 9.17) is 4.74 Å². The van der Waals surface area contributed by atoms with Crippen LogP contribution in [-0.2, 0) is 9.53 Å². The van der Waals surface area contributed by atoms with E-state index in [9.17, 15) is 4.79 Å². The van der Waals surface area contributed by atoms with Gasteiger partial charge in [-0.05, 0) is 51.1 Å². The predicted octanol–water partition coefficient (Wildman–Crippen LogP) is 1.70. The van der Waals surface area contributed by atoms with Crippen molar-refractivity contribution in [2.45, 2.75) is 58.6 Å². The number of hydrogen-bond donors (Lipinski definition) is 2. The molecular weight excluding hydrogens is 252 g/mol. The lowest BCUT2D eigenvalue weighted by atomic mass is 9.64. The molecule has 2 aliphatic carbocycles. The molecule has 0 aromatic carbocycles. The maximum absolute atomic E-state index is 12.5. The van der Waals surface area contributed by atoms with Crippen LogP contribution in [0, 0.1) is 16.7 Å². The third kappa shape index (κ3) is 2.27. The lowest BCUT2D eigenvalue weighted by Gasteiger charge is -2.51. The lowest BCUT2D eigenvalue weighted by Crippen LogP contribution is -2.62. The van der Waals surface area contributed by atoms with Gasteiger partial charge in [-0.1, -0.05) is 13.8 Å². The largest absolute Gasteiger partial charge is 0.378 e. The molecule has 4 heteroatoms. The van der Waals surface area contributed by atoms with Crippen molar-refractivity contribution >= 4 is 5.91 Å². The molecule has 0 aromatic rings. The van der Waals surface area contributed by atoms with Crippen LogP contribution >= 0.6 is 0 Å². The van der Waals surface area contributed by atoms with Gasteiger partial charge in [0.05, 0.1) is 6.10 Å². The quantitative estimate of drug-likeness (QED) is 0.824. The van der Waals surface area contributed by atoms with Crippen LogP contribution in [0.2, 0.25) is 0 Å². The summed E-state index contributed by atoms with van der Waals surface area (Å²) in [5.74, 6) is 0.562. The van der Waals surface area contributed by atoms with E-state index >= 15 is 0 Å².